The molecule has 0 radical (unpaired) electrons. The lowest BCUT2D eigenvalue weighted by Gasteiger charge is -2.17. The highest BCUT2D eigenvalue weighted by molar-refractivity contribution is 5.82. The summed E-state index contributed by atoms with van der Waals surface area (Å²) in [5, 5.41) is 3.12. The van der Waals surface area contributed by atoms with E-state index in [0.717, 1.165) is 6.42 Å². The Bertz CT molecular complexity index is 414. The van der Waals surface area contributed by atoms with E-state index < -0.39 is 0 Å². The molecule has 2 nitrogen and oxygen atoms in total. The SMILES string of the molecule is Cc1ccc([C@@H]2C[C@H]2NC(=O)C(C)(C)C)cc1. The van der Waals surface area contributed by atoms with Crippen molar-refractivity contribution < 1.29 is 4.79 Å². The van der Waals surface area contributed by atoms with E-state index in [0.29, 0.717) is 12.0 Å². The second-order valence-electron chi connectivity index (χ2n) is 6.08. The molecule has 0 aliphatic heterocycles. The van der Waals surface area contributed by atoms with E-state index in [1.807, 2.05) is 20.8 Å². The largest absolute Gasteiger partial charge is 0.352 e. The van der Waals surface area contributed by atoms with Gasteiger partial charge in [-0.1, -0.05) is 50.6 Å². The molecule has 0 spiro atoms. The first-order chi connectivity index (χ1) is 7.88. The monoisotopic (exact) mass is 231 g/mol. The lowest BCUT2D eigenvalue weighted by Crippen LogP contribution is -2.36. The van der Waals surface area contributed by atoms with Gasteiger partial charge in [0.05, 0.1) is 0 Å². The zero-order valence-corrected chi connectivity index (χ0v) is 11.1. The first-order valence-electron chi connectivity index (χ1n) is 6.25. The Balaban J connectivity index is 1.93. The van der Waals surface area contributed by atoms with Crippen LogP contribution in [0.3, 0.4) is 0 Å². The van der Waals surface area contributed by atoms with Crippen molar-refractivity contribution in [3.63, 3.8) is 0 Å². The fourth-order valence-electron chi connectivity index (χ4n) is 1.92. The summed E-state index contributed by atoms with van der Waals surface area (Å²) < 4.78 is 0. The van der Waals surface area contributed by atoms with Crippen molar-refractivity contribution >= 4 is 5.91 Å². The quantitative estimate of drug-likeness (QED) is 0.833. The molecule has 0 aromatic heterocycles. The Labute approximate surface area is 103 Å². The highest BCUT2D eigenvalue weighted by Crippen LogP contribution is 2.41. The number of rotatable bonds is 2. The highest BCUT2D eigenvalue weighted by Gasteiger charge is 2.40. The van der Waals surface area contributed by atoms with Crippen LogP contribution in [-0.4, -0.2) is 11.9 Å². The van der Waals surface area contributed by atoms with E-state index in [2.05, 4.69) is 36.5 Å². The summed E-state index contributed by atoms with van der Waals surface area (Å²) >= 11 is 0. The number of carbonyl (C=O) groups is 1. The van der Waals surface area contributed by atoms with Crippen molar-refractivity contribution in [2.75, 3.05) is 0 Å². The van der Waals surface area contributed by atoms with Gasteiger partial charge in [0, 0.05) is 17.4 Å². The van der Waals surface area contributed by atoms with Crippen LogP contribution in [0.15, 0.2) is 24.3 Å². The maximum atomic E-state index is 11.8. The average Bonchev–Trinajstić information content (AvgIpc) is 2.97. The molecule has 1 N–H and O–H groups in total. The summed E-state index contributed by atoms with van der Waals surface area (Å²) in [7, 11) is 0. The molecule has 0 saturated heterocycles. The maximum Gasteiger partial charge on any atom is 0.225 e. The Kier molecular flexibility index (Phi) is 2.98. The lowest BCUT2D eigenvalue weighted by molar-refractivity contribution is -0.128. The van der Waals surface area contributed by atoms with Gasteiger partial charge >= 0.3 is 0 Å². The van der Waals surface area contributed by atoms with Gasteiger partial charge in [-0.2, -0.15) is 0 Å². The number of benzene rings is 1. The Morgan fingerprint density at radius 2 is 1.82 bits per heavy atom. The van der Waals surface area contributed by atoms with E-state index in [1.165, 1.54) is 11.1 Å². The minimum atomic E-state index is -0.291. The van der Waals surface area contributed by atoms with Crippen LogP contribution in [0.5, 0.6) is 0 Å². The van der Waals surface area contributed by atoms with Gasteiger partial charge in [-0.25, -0.2) is 0 Å². The predicted octanol–water partition coefficient (Wildman–Crippen LogP) is 3.01. The van der Waals surface area contributed by atoms with Crippen molar-refractivity contribution in [3.8, 4) is 0 Å². The molecule has 0 unspecified atom stereocenters. The third-order valence-corrected chi connectivity index (χ3v) is 3.29. The van der Waals surface area contributed by atoms with Gasteiger partial charge in [-0.3, -0.25) is 4.79 Å². The summed E-state index contributed by atoms with van der Waals surface area (Å²) in [6.07, 6.45) is 1.07. The molecule has 2 heteroatoms. The zero-order chi connectivity index (χ0) is 12.6. The summed E-state index contributed by atoms with van der Waals surface area (Å²) in [6, 6.07) is 8.95. The molecule has 92 valence electrons. The van der Waals surface area contributed by atoms with E-state index in [4.69, 9.17) is 0 Å². The fraction of sp³-hybridized carbons (Fsp3) is 0.533. The van der Waals surface area contributed by atoms with Crippen LogP contribution in [0, 0.1) is 12.3 Å². The van der Waals surface area contributed by atoms with Gasteiger partial charge in [0.2, 0.25) is 5.91 Å². The number of aryl methyl sites for hydroxylation is 1. The van der Waals surface area contributed by atoms with Crippen LogP contribution < -0.4 is 5.32 Å². The summed E-state index contributed by atoms with van der Waals surface area (Å²) in [5.74, 6) is 0.666. The van der Waals surface area contributed by atoms with E-state index >= 15 is 0 Å². The minimum absolute atomic E-state index is 0.150. The van der Waals surface area contributed by atoms with Crippen LogP contribution in [0.4, 0.5) is 0 Å². The van der Waals surface area contributed by atoms with Crippen molar-refractivity contribution in [1.29, 1.82) is 0 Å². The van der Waals surface area contributed by atoms with Gasteiger partial charge < -0.3 is 5.32 Å². The average molecular weight is 231 g/mol. The molecule has 1 aromatic rings. The van der Waals surface area contributed by atoms with Gasteiger partial charge in [0.1, 0.15) is 0 Å². The smallest absolute Gasteiger partial charge is 0.225 e. The molecule has 1 saturated carbocycles. The van der Waals surface area contributed by atoms with Crippen LogP contribution >= 0.6 is 0 Å². The molecule has 1 amide bonds. The van der Waals surface area contributed by atoms with Crippen molar-refractivity contribution in [2.45, 2.75) is 46.1 Å². The van der Waals surface area contributed by atoms with Crippen LogP contribution in [0.25, 0.3) is 0 Å². The Morgan fingerprint density at radius 3 is 2.35 bits per heavy atom. The lowest BCUT2D eigenvalue weighted by atomic mass is 9.95. The molecular weight excluding hydrogens is 210 g/mol. The Hall–Kier alpha value is -1.31. The molecule has 0 heterocycles. The van der Waals surface area contributed by atoms with Gasteiger partial charge in [-0.15, -0.1) is 0 Å². The van der Waals surface area contributed by atoms with E-state index in [-0.39, 0.29) is 11.3 Å². The first kappa shape index (κ1) is 12.2. The fourth-order valence-corrected chi connectivity index (χ4v) is 1.92. The number of hydrogen-bond donors (Lipinski definition) is 1. The zero-order valence-electron chi connectivity index (χ0n) is 11.1. The second kappa shape index (κ2) is 4.17. The molecular formula is C15H21NO. The Morgan fingerprint density at radius 1 is 1.24 bits per heavy atom. The minimum Gasteiger partial charge on any atom is -0.352 e. The molecule has 1 fully saturated rings. The molecule has 1 aliphatic carbocycles. The summed E-state index contributed by atoms with van der Waals surface area (Å²) in [5.41, 5.74) is 2.33. The van der Waals surface area contributed by atoms with Gasteiger partial charge in [0.25, 0.3) is 0 Å². The van der Waals surface area contributed by atoms with E-state index in [1.54, 1.807) is 0 Å². The van der Waals surface area contributed by atoms with Crippen molar-refractivity contribution in [2.24, 2.45) is 5.41 Å². The molecule has 2 atom stereocenters. The summed E-state index contributed by atoms with van der Waals surface area (Å²) in [6.45, 7) is 7.94. The van der Waals surface area contributed by atoms with Crippen molar-refractivity contribution in [3.05, 3.63) is 35.4 Å². The van der Waals surface area contributed by atoms with Crippen LogP contribution in [-0.2, 0) is 4.79 Å². The number of carbonyl (C=O) groups excluding carboxylic acids is 1. The maximum absolute atomic E-state index is 11.8. The molecule has 0 bridgehead atoms. The van der Waals surface area contributed by atoms with E-state index in [9.17, 15) is 4.79 Å². The van der Waals surface area contributed by atoms with Gasteiger partial charge in [0.15, 0.2) is 0 Å². The van der Waals surface area contributed by atoms with Crippen LogP contribution in [0.1, 0.15) is 44.2 Å². The predicted molar refractivity (Wildman–Crippen MR) is 69.9 cm³/mol. The third-order valence-electron chi connectivity index (χ3n) is 3.29. The highest BCUT2D eigenvalue weighted by atomic mass is 16.2. The molecule has 1 aliphatic rings. The second-order valence-corrected chi connectivity index (χ2v) is 6.08. The summed E-state index contributed by atoms with van der Waals surface area (Å²) in [4.78, 5) is 11.8. The molecule has 2 rings (SSSR count). The van der Waals surface area contributed by atoms with Gasteiger partial charge in [-0.05, 0) is 18.9 Å². The normalized spacial score (nSPS) is 23.3. The topological polar surface area (TPSA) is 29.1 Å². The van der Waals surface area contributed by atoms with Crippen molar-refractivity contribution in [1.82, 2.24) is 5.32 Å². The first-order valence-corrected chi connectivity index (χ1v) is 6.25. The standard InChI is InChI=1S/C15H21NO/c1-10-5-7-11(8-6-10)12-9-13(12)16-14(17)15(2,3)4/h5-8,12-13H,9H2,1-4H3,(H,16,17)/t12-,13+/m0/s1. The molecule has 1 aromatic carbocycles. The number of amides is 1. The third kappa shape index (κ3) is 2.87. The van der Waals surface area contributed by atoms with Crippen LogP contribution in [0.2, 0.25) is 0 Å². The molecule has 17 heavy (non-hydrogen) atoms. The number of hydrogen-bond acceptors (Lipinski definition) is 1. The number of nitrogens with one attached hydrogen (secondary N) is 1.